The zero-order chi connectivity index (χ0) is 31.5. The Kier molecular flexibility index (Phi) is 9.62. The number of methoxy groups -OCH3 is 1. The molecule has 0 fully saturated rings. The van der Waals surface area contributed by atoms with Crippen LogP contribution >= 0.6 is 0 Å². The Hall–Kier alpha value is -4.15. The van der Waals surface area contributed by atoms with Crippen LogP contribution in [0, 0.1) is 12.8 Å². The van der Waals surface area contributed by atoms with Crippen LogP contribution in [0.1, 0.15) is 56.3 Å². The first-order valence-corrected chi connectivity index (χ1v) is 15.7. The van der Waals surface area contributed by atoms with Crippen molar-refractivity contribution >= 4 is 38.6 Å². The van der Waals surface area contributed by atoms with E-state index < -0.39 is 22.0 Å². The van der Waals surface area contributed by atoms with Crippen molar-refractivity contribution < 1.29 is 31.9 Å². The molecule has 0 saturated carbocycles. The lowest BCUT2D eigenvalue weighted by molar-refractivity contribution is -0.143. The maximum absolute atomic E-state index is 13.2. The summed E-state index contributed by atoms with van der Waals surface area (Å²) >= 11 is 0. The van der Waals surface area contributed by atoms with E-state index in [0.29, 0.717) is 16.8 Å². The minimum atomic E-state index is -3.95. The maximum atomic E-state index is 13.2. The molecular weight excluding hydrogens is 568 g/mol. The van der Waals surface area contributed by atoms with Gasteiger partial charge in [0.2, 0.25) is 10.0 Å². The maximum Gasteiger partial charge on any atom is 0.324 e. The molecule has 0 spiro atoms. The molecule has 1 atom stereocenters. The van der Waals surface area contributed by atoms with Crippen LogP contribution in [0.5, 0.6) is 5.75 Å². The molecular formula is C33H38N2O7S. The highest BCUT2D eigenvalue weighted by Crippen LogP contribution is 2.37. The van der Waals surface area contributed by atoms with Gasteiger partial charge in [-0.1, -0.05) is 51.1 Å². The van der Waals surface area contributed by atoms with Gasteiger partial charge in [0.1, 0.15) is 17.4 Å². The predicted molar refractivity (Wildman–Crippen MR) is 167 cm³/mol. The topological polar surface area (TPSA) is 124 Å². The Morgan fingerprint density at radius 3 is 2.05 bits per heavy atom. The van der Waals surface area contributed by atoms with Crippen molar-refractivity contribution in [2.24, 2.45) is 5.92 Å². The summed E-state index contributed by atoms with van der Waals surface area (Å²) in [6.07, 6.45) is 0.766. The van der Waals surface area contributed by atoms with E-state index in [1.54, 1.807) is 38.1 Å². The highest BCUT2D eigenvalue weighted by molar-refractivity contribution is 7.89. The number of rotatable bonds is 11. The molecule has 0 aliphatic carbocycles. The van der Waals surface area contributed by atoms with Crippen LogP contribution in [0.3, 0.4) is 0 Å². The van der Waals surface area contributed by atoms with Gasteiger partial charge in [0, 0.05) is 11.3 Å². The van der Waals surface area contributed by atoms with Crippen molar-refractivity contribution in [3.05, 3.63) is 77.6 Å². The van der Waals surface area contributed by atoms with E-state index in [0.717, 1.165) is 34.2 Å². The number of anilines is 1. The first-order chi connectivity index (χ1) is 20.4. The summed E-state index contributed by atoms with van der Waals surface area (Å²) in [5.41, 5.74) is 4.54. The van der Waals surface area contributed by atoms with Crippen LogP contribution in [0.25, 0.3) is 22.1 Å². The fourth-order valence-electron chi connectivity index (χ4n) is 4.79. The molecule has 2 N–H and O–H groups in total. The summed E-state index contributed by atoms with van der Waals surface area (Å²) in [7, 11) is -2.73. The number of benzene rings is 3. The summed E-state index contributed by atoms with van der Waals surface area (Å²) < 4.78 is 45.0. The van der Waals surface area contributed by atoms with Crippen molar-refractivity contribution in [1.82, 2.24) is 4.72 Å². The van der Waals surface area contributed by atoms with Gasteiger partial charge in [-0.15, -0.1) is 0 Å². The van der Waals surface area contributed by atoms with Gasteiger partial charge in [0.25, 0.3) is 5.91 Å². The Morgan fingerprint density at radius 1 is 0.907 bits per heavy atom. The highest BCUT2D eigenvalue weighted by atomic mass is 32.2. The Bertz CT molecular complexity index is 1720. The van der Waals surface area contributed by atoms with Crippen molar-refractivity contribution in [3.63, 3.8) is 0 Å². The third-order valence-corrected chi connectivity index (χ3v) is 8.57. The number of amides is 1. The Balaban J connectivity index is 1.50. The second kappa shape index (κ2) is 13.0. The molecule has 0 saturated heterocycles. The summed E-state index contributed by atoms with van der Waals surface area (Å²) in [6.45, 7) is 11.3. The van der Waals surface area contributed by atoms with E-state index in [1.165, 1.54) is 19.2 Å². The van der Waals surface area contributed by atoms with Gasteiger partial charge >= 0.3 is 5.97 Å². The number of furan rings is 1. The molecule has 0 unspecified atom stereocenters. The summed E-state index contributed by atoms with van der Waals surface area (Å²) in [6, 6.07) is 16.4. The molecule has 0 aliphatic rings. The fraction of sp³-hybridized carbons (Fsp3) is 0.333. The fourth-order valence-corrected chi connectivity index (χ4v) is 6.13. The summed E-state index contributed by atoms with van der Waals surface area (Å²) in [5.74, 6) is -0.339. The second-order valence-corrected chi connectivity index (χ2v) is 12.6. The largest absolute Gasteiger partial charge is 0.490 e. The number of ether oxygens (including phenoxy) is 2. The summed E-state index contributed by atoms with van der Waals surface area (Å²) in [4.78, 5) is 25.3. The second-order valence-electron chi connectivity index (χ2n) is 10.9. The first kappa shape index (κ1) is 31.8. The van der Waals surface area contributed by atoms with Gasteiger partial charge in [-0.2, -0.15) is 4.72 Å². The molecule has 43 heavy (non-hydrogen) atoms. The number of carbonyl (C=O) groups is 2. The third-order valence-electron chi connectivity index (χ3n) is 7.11. The van der Waals surface area contributed by atoms with Crippen molar-refractivity contribution in [2.45, 2.75) is 65.0 Å². The molecule has 3 aromatic carbocycles. The van der Waals surface area contributed by atoms with E-state index in [9.17, 15) is 18.0 Å². The monoisotopic (exact) mass is 606 g/mol. The number of sulfonamides is 1. The molecule has 1 amide bonds. The van der Waals surface area contributed by atoms with Gasteiger partial charge in [0.05, 0.1) is 23.5 Å². The average Bonchev–Trinajstić information content (AvgIpc) is 3.32. The lowest BCUT2D eigenvalue weighted by Gasteiger charge is -2.19. The van der Waals surface area contributed by atoms with Crippen molar-refractivity contribution in [1.29, 1.82) is 0 Å². The zero-order valence-corrected chi connectivity index (χ0v) is 26.3. The molecule has 1 heterocycles. The van der Waals surface area contributed by atoms with Gasteiger partial charge in [-0.25, -0.2) is 8.42 Å². The highest BCUT2D eigenvalue weighted by Gasteiger charge is 2.29. The standard InChI is InChI=1S/C33H38N2O7S/c1-8-22-13-18-27-28(31(22)41-20(4)5)21(6)30(42-27)32(36)34-25-14-9-23(10-15-25)24-11-16-26(17-12-24)43(38,39)35-29(19(2)3)33(37)40-7/h9-20,29,35H,8H2,1-7H3,(H,34,36)/t29-/m0/s1. The van der Waals surface area contributed by atoms with Crippen LogP contribution in [0.15, 0.2) is 70.0 Å². The number of esters is 1. The van der Waals surface area contributed by atoms with Crippen LogP contribution in [0.2, 0.25) is 0 Å². The number of aryl methyl sites for hydroxylation is 2. The number of hydrogen-bond acceptors (Lipinski definition) is 7. The molecule has 4 rings (SSSR count). The van der Waals surface area contributed by atoms with Gasteiger partial charge in [0.15, 0.2) is 5.76 Å². The molecule has 4 aromatic rings. The SMILES string of the molecule is CCc1ccc2oc(C(=O)Nc3ccc(-c4ccc(S(=O)(=O)N[C@H](C(=O)OC)C(C)C)cc4)cc3)c(C)c2c1OC(C)C. The Labute approximate surface area is 252 Å². The van der Waals surface area contributed by atoms with Crippen molar-refractivity contribution in [2.75, 3.05) is 12.4 Å². The molecule has 0 aliphatic heterocycles. The van der Waals surface area contributed by atoms with E-state index in [1.807, 2.05) is 45.0 Å². The number of carbonyl (C=O) groups excluding carboxylic acids is 2. The van der Waals surface area contributed by atoms with Crippen molar-refractivity contribution in [3.8, 4) is 16.9 Å². The van der Waals surface area contributed by atoms with Crippen LogP contribution in [0.4, 0.5) is 5.69 Å². The number of fused-ring (bicyclic) bond motifs is 1. The van der Waals surface area contributed by atoms with Crippen LogP contribution < -0.4 is 14.8 Å². The minimum absolute atomic E-state index is 0.0259. The number of hydrogen-bond donors (Lipinski definition) is 2. The number of nitrogens with one attached hydrogen (secondary N) is 2. The normalized spacial score (nSPS) is 12.5. The zero-order valence-electron chi connectivity index (χ0n) is 25.5. The molecule has 228 valence electrons. The molecule has 0 bridgehead atoms. The lowest BCUT2D eigenvalue weighted by Crippen LogP contribution is -2.44. The molecule has 1 aromatic heterocycles. The predicted octanol–water partition coefficient (Wildman–Crippen LogP) is 6.49. The van der Waals surface area contributed by atoms with Crippen LogP contribution in [-0.4, -0.2) is 39.5 Å². The summed E-state index contributed by atoms with van der Waals surface area (Å²) in [5, 5.41) is 3.70. The molecule has 0 radical (unpaired) electrons. The first-order valence-electron chi connectivity index (χ1n) is 14.2. The lowest BCUT2D eigenvalue weighted by atomic mass is 10.0. The van der Waals surface area contributed by atoms with E-state index in [4.69, 9.17) is 13.9 Å². The Morgan fingerprint density at radius 2 is 1.51 bits per heavy atom. The van der Waals surface area contributed by atoms with Crippen LogP contribution in [-0.2, 0) is 26.0 Å². The van der Waals surface area contributed by atoms with E-state index in [-0.39, 0.29) is 28.6 Å². The van der Waals surface area contributed by atoms with Gasteiger partial charge in [-0.05, 0) is 80.1 Å². The molecule has 10 heteroatoms. The van der Waals surface area contributed by atoms with Gasteiger partial charge in [-0.3, -0.25) is 9.59 Å². The van der Waals surface area contributed by atoms with Gasteiger partial charge < -0.3 is 19.2 Å². The quantitative estimate of drug-likeness (QED) is 0.187. The smallest absolute Gasteiger partial charge is 0.324 e. The van der Waals surface area contributed by atoms with E-state index in [2.05, 4.69) is 17.0 Å². The van der Waals surface area contributed by atoms with E-state index >= 15 is 0 Å². The average molecular weight is 607 g/mol. The minimum Gasteiger partial charge on any atom is -0.490 e. The third kappa shape index (κ3) is 6.92. The molecule has 9 nitrogen and oxygen atoms in total.